The van der Waals surface area contributed by atoms with Gasteiger partial charge in [-0.3, -0.25) is 0 Å². The SMILES string of the molecule is CCn1cncc1S(=O)(=O)N1CCC[C@H](C)C1. The Labute approximate surface area is 103 Å². The Bertz CT molecular complexity index is 481. The minimum atomic E-state index is -3.36. The van der Waals surface area contributed by atoms with Gasteiger partial charge in [-0.05, 0) is 25.7 Å². The van der Waals surface area contributed by atoms with Crippen molar-refractivity contribution in [3.05, 3.63) is 12.5 Å². The molecule has 6 heteroatoms. The van der Waals surface area contributed by atoms with Crippen molar-refractivity contribution in [3.8, 4) is 0 Å². The number of nitrogens with zero attached hydrogens (tertiary/aromatic N) is 3. The summed E-state index contributed by atoms with van der Waals surface area (Å²) in [6.07, 6.45) is 5.07. The van der Waals surface area contributed by atoms with Gasteiger partial charge in [-0.15, -0.1) is 0 Å². The van der Waals surface area contributed by atoms with Crippen LogP contribution >= 0.6 is 0 Å². The van der Waals surface area contributed by atoms with Crippen molar-refractivity contribution in [2.24, 2.45) is 5.92 Å². The van der Waals surface area contributed by atoms with Crippen LogP contribution in [0.2, 0.25) is 0 Å². The topological polar surface area (TPSA) is 55.2 Å². The Hall–Kier alpha value is -0.880. The Morgan fingerprint density at radius 3 is 2.94 bits per heavy atom. The fraction of sp³-hybridized carbons (Fsp3) is 0.727. The van der Waals surface area contributed by atoms with Gasteiger partial charge in [0.05, 0.1) is 12.5 Å². The summed E-state index contributed by atoms with van der Waals surface area (Å²) >= 11 is 0. The number of hydrogen-bond acceptors (Lipinski definition) is 3. The second kappa shape index (κ2) is 4.78. The van der Waals surface area contributed by atoms with Gasteiger partial charge in [0.2, 0.25) is 0 Å². The highest BCUT2D eigenvalue weighted by atomic mass is 32.2. The van der Waals surface area contributed by atoms with Crippen LogP contribution in [-0.2, 0) is 16.6 Å². The monoisotopic (exact) mass is 257 g/mol. The summed E-state index contributed by atoms with van der Waals surface area (Å²) in [6.45, 7) is 5.88. The number of rotatable bonds is 3. The van der Waals surface area contributed by atoms with E-state index in [1.165, 1.54) is 6.20 Å². The normalized spacial score (nSPS) is 22.8. The third-order valence-corrected chi connectivity index (χ3v) is 5.12. The van der Waals surface area contributed by atoms with E-state index in [0.29, 0.717) is 30.6 Å². The molecule has 0 unspecified atom stereocenters. The summed E-state index contributed by atoms with van der Waals surface area (Å²) in [5, 5.41) is 0.314. The van der Waals surface area contributed by atoms with Crippen LogP contribution in [0.15, 0.2) is 17.6 Å². The molecule has 0 spiro atoms. The molecular formula is C11H19N3O2S. The summed E-state index contributed by atoms with van der Waals surface area (Å²) < 4.78 is 28.1. The molecule has 1 aliphatic rings. The van der Waals surface area contributed by atoms with Gasteiger partial charge in [-0.2, -0.15) is 4.31 Å². The molecule has 17 heavy (non-hydrogen) atoms. The van der Waals surface area contributed by atoms with E-state index in [-0.39, 0.29) is 0 Å². The van der Waals surface area contributed by atoms with E-state index in [0.717, 1.165) is 12.8 Å². The predicted octanol–water partition coefficient (Wildman–Crippen LogP) is 1.32. The Morgan fingerprint density at radius 2 is 2.29 bits per heavy atom. The second-order valence-electron chi connectivity index (χ2n) is 4.63. The van der Waals surface area contributed by atoms with Gasteiger partial charge in [0, 0.05) is 19.6 Å². The quantitative estimate of drug-likeness (QED) is 0.820. The molecule has 1 aliphatic heterocycles. The molecule has 0 radical (unpaired) electrons. The molecule has 1 aromatic heterocycles. The molecule has 1 saturated heterocycles. The summed E-state index contributed by atoms with van der Waals surface area (Å²) in [5.41, 5.74) is 0. The number of imidazole rings is 1. The van der Waals surface area contributed by atoms with E-state index < -0.39 is 10.0 Å². The molecule has 0 aromatic carbocycles. The predicted molar refractivity (Wildman–Crippen MR) is 65.1 cm³/mol. The summed E-state index contributed by atoms with van der Waals surface area (Å²) in [6, 6.07) is 0. The molecule has 1 aromatic rings. The van der Waals surface area contributed by atoms with Gasteiger partial charge >= 0.3 is 0 Å². The molecule has 2 rings (SSSR count). The van der Waals surface area contributed by atoms with E-state index in [2.05, 4.69) is 11.9 Å². The highest BCUT2D eigenvalue weighted by Gasteiger charge is 2.30. The van der Waals surface area contributed by atoms with Gasteiger partial charge in [0.25, 0.3) is 10.0 Å². The lowest BCUT2D eigenvalue weighted by molar-refractivity contribution is 0.279. The van der Waals surface area contributed by atoms with Crippen molar-refractivity contribution >= 4 is 10.0 Å². The van der Waals surface area contributed by atoms with Crippen molar-refractivity contribution in [1.29, 1.82) is 0 Å². The fourth-order valence-corrected chi connectivity index (χ4v) is 4.01. The van der Waals surface area contributed by atoms with Crippen molar-refractivity contribution in [1.82, 2.24) is 13.9 Å². The average Bonchev–Trinajstić information content (AvgIpc) is 2.77. The third-order valence-electron chi connectivity index (χ3n) is 3.24. The van der Waals surface area contributed by atoms with E-state index in [1.807, 2.05) is 6.92 Å². The van der Waals surface area contributed by atoms with Crippen LogP contribution in [0.3, 0.4) is 0 Å². The lowest BCUT2D eigenvalue weighted by Gasteiger charge is -2.29. The smallest absolute Gasteiger partial charge is 0.260 e. The maximum atomic E-state index is 12.4. The molecule has 1 fully saturated rings. The average molecular weight is 257 g/mol. The van der Waals surface area contributed by atoms with Crippen LogP contribution in [0, 0.1) is 5.92 Å². The van der Waals surface area contributed by atoms with Gasteiger partial charge < -0.3 is 4.57 Å². The minimum absolute atomic E-state index is 0.314. The number of hydrogen-bond donors (Lipinski definition) is 0. The van der Waals surface area contributed by atoms with Gasteiger partial charge in [0.1, 0.15) is 0 Å². The van der Waals surface area contributed by atoms with E-state index in [4.69, 9.17) is 0 Å². The lowest BCUT2D eigenvalue weighted by atomic mass is 10.0. The van der Waals surface area contributed by atoms with Crippen LogP contribution in [0.4, 0.5) is 0 Å². The first-order valence-electron chi connectivity index (χ1n) is 6.06. The van der Waals surface area contributed by atoms with Gasteiger partial charge in [-0.1, -0.05) is 6.92 Å². The summed E-state index contributed by atoms with van der Waals surface area (Å²) in [4.78, 5) is 3.93. The van der Waals surface area contributed by atoms with Crippen molar-refractivity contribution in [2.75, 3.05) is 13.1 Å². The van der Waals surface area contributed by atoms with Crippen molar-refractivity contribution < 1.29 is 8.42 Å². The molecule has 2 heterocycles. The molecule has 0 aliphatic carbocycles. The summed E-state index contributed by atoms with van der Waals surface area (Å²) in [5.74, 6) is 0.441. The maximum absolute atomic E-state index is 12.4. The van der Waals surface area contributed by atoms with Crippen LogP contribution in [0.1, 0.15) is 26.7 Å². The van der Waals surface area contributed by atoms with Crippen LogP contribution in [0.25, 0.3) is 0 Å². The zero-order valence-corrected chi connectivity index (χ0v) is 11.2. The van der Waals surface area contributed by atoms with Crippen molar-refractivity contribution in [3.63, 3.8) is 0 Å². The fourth-order valence-electron chi connectivity index (χ4n) is 2.26. The number of piperidine rings is 1. The van der Waals surface area contributed by atoms with Crippen LogP contribution in [0.5, 0.6) is 0 Å². The highest BCUT2D eigenvalue weighted by Crippen LogP contribution is 2.23. The zero-order chi connectivity index (χ0) is 12.5. The first-order valence-corrected chi connectivity index (χ1v) is 7.50. The molecule has 0 bridgehead atoms. The van der Waals surface area contributed by atoms with E-state index in [9.17, 15) is 8.42 Å². The Balaban J connectivity index is 2.30. The molecule has 0 saturated carbocycles. The Kier molecular flexibility index (Phi) is 3.53. The largest absolute Gasteiger partial charge is 0.321 e. The second-order valence-corrected chi connectivity index (χ2v) is 6.51. The standard InChI is InChI=1S/C11H19N3O2S/c1-3-13-9-12-7-11(13)17(15,16)14-6-4-5-10(2)8-14/h7,9-10H,3-6,8H2,1-2H3/t10-/m0/s1. The first-order chi connectivity index (χ1) is 8.05. The molecule has 0 N–H and O–H groups in total. The highest BCUT2D eigenvalue weighted by molar-refractivity contribution is 7.89. The number of aryl methyl sites for hydroxylation is 1. The summed E-state index contributed by atoms with van der Waals surface area (Å²) in [7, 11) is -3.36. The molecule has 0 amide bonds. The zero-order valence-electron chi connectivity index (χ0n) is 10.3. The minimum Gasteiger partial charge on any atom is -0.321 e. The maximum Gasteiger partial charge on any atom is 0.260 e. The first kappa shape index (κ1) is 12.6. The molecule has 5 nitrogen and oxygen atoms in total. The van der Waals surface area contributed by atoms with Crippen LogP contribution in [-0.4, -0.2) is 35.4 Å². The lowest BCUT2D eigenvalue weighted by Crippen LogP contribution is -2.39. The Morgan fingerprint density at radius 1 is 1.53 bits per heavy atom. The number of aromatic nitrogens is 2. The number of sulfonamides is 1. The van der Waals surface area contributed by atoms with Crippen molar-refractivity contribution in [2.45, 2.75) is 38.3 Å². The molecule has 1 atom stereocenters. The third kappa shape index (κ3) is 2.37. The molecular weight excluding hydrogens is 238 g/mol. The van der Waals surface area contributed by atoms with Gasteiger partial charge in [0.15, 0.2) is 5.03 Å². The van der Waals surface area contributed by atoms with Crippen LogP contribution < -0.4 is 0 Å². The molecule has 96 valence electrons. The van der Waals surface area contributed by atoms with E-state index in [1.54, 1.807) is 15.2 Å². The van der Waals surface area contributed by atoms with Gasteiger partial charge in [-0.25, -0.2) is 13.4 Å². The van der Waals surface area contributed by atoms with E-state index >= 15 is 0 Å².